The molecule has 0 unspecified atom stereocenters. The number of hydrogen-bond acceptors (Lipinski definition) is 2. The second kappa shape index (κ2) is 4.42. The van der Waals surface area contributed by atoms with Gasteiger partial charge in [0.2, 0.25) is 0 Å². The van der Waals surface area contributed by atoms with Crippen molar-refractivity contribution >= 4 is 6.29 Å². The third-order valence-corrected chi connectivity index (χ3v) is 3.01. The Balaban J connectivity index is 2.69. The number of carbonyl (C=O) groups is 1. The molecule has 2 aromatic carbocycles. The number of benzene rings is 2. The zero-order valence-corrected chi connectivity index (χ0v) is 9.90. The molecule has 86 valence electrons. The van der Waals surface area contributed by atoms with E-state index in [1.807, 2.05) is 44.2 Å². The van der Waals surface area contributed by atoms with Crippen molar-refractivity contribution < 1.29 is 9.90 Å². The van der Waals surface area contributed by atoms with Gasteiger partial charge >= 0.3 is 0 Å². The minimum atomic E-state index is 0.295. The van der Waals surface area contributed by atoms with Gasteiger partial charge in [-0.1, -0.05) is 36.4 Å². The molecular formula is C15H14O2. The first-order valence-electron chi connectivity index (χ1n) is 5.49. The van der Waals surface area contributed by atoms with Crippen LogP contribution in [0.2, 0.25) is 0 Å². The van der Waals surface area contributed by atoms with Crippen LogP contribution in [0.15, 0.2) is 36.4 Å². The third kappa shape index (κ3) is 1.94. The van der Waals surface area contributed by atoms with E-state index in [1.165, 1.54) is 0 Å². The summed E-state index contributed by atoms with van der Waals surface area (Å²) in [4.78, 5) is 11.0. The Morgan fingerprint density at radius 1 is 1.00 bits per heavy atom. The molecule has 0 saturated heterocycles. The van der Waals surface area contributed by atoms with Gasteiger partial charge in [-0.05, 0) is 36.1 Å². The minimum Gasteiger partial charge on any atom is -0.507 e. The van der Waals surface area contributed by atoms with Gasteiger partial charge in [0.25, 0.3) is 0 Å². The zero-order chi connectivity index (χ0) is 12.4. The minimum absolute atomic E-state index is 0.295. The number of aryl methyl sites for hydroxylation is 1. The van der Waals surface area contributed by atoms with Crippen LogP contribution in [0.25, 0.3) is 11.1 Å². The number of phenols is 1. The molecule has 0 fully saturated rings. The first-order chi connectivity index (χ1) is 8.15. The van der Waals surface area contributed by atoms with Crippen molar-refractivity contribution in [3.63, 3.8) is 0 Å². The van der Waals surface area contributed by atoms with Crippen LogP contribution in [0.3, 0.4) is 0 Å². The summed E-state index contributed by atoms with van der Waals surface area (Å²) in [5.74, 6) is 0.295. The van der Waals surface area contributed by atoms with E-state index in [0.717, 1.165) is 28.5 Å². The van der Waals surface area contributed by atoms with Crippen LogP contribution in [0, 0.1) is 13.8 Å². The van der Waals surface area contributed by atoms with Crippen LogP contribution in [-0.4, -0.2) is 11.4 Å². The molecule has 0 heterocycles. The summed E-state index contributed by atoms with van der Waals surface area (Å²) < 4.78 is 0. The van der Waals surface area contributed by atoms with Crippen LogP contribution in [-0.2, 0) is 0 Å². The Bertz CT molecular complexity index is 571. The number of rotatable bonds is 2. The molecule has 0 aliphatic carbocycles. The lowest BCUT2D eigenvalue weighted by Crippen LogP contribution is -1.91. The zero-order valence-electron chi connectivity index (χ0n) is 9.90. The molecule has 0 amide bonds. The lowest BCUT2D eigenvalue weighted by Gasteiger charge is -2.11. The van der Waals surface area contributed by atoms with Crippen molar-refractivity contribution in [2.75, 3.05) is 0 Å². The average molecular weight is 226 g/mol. The number of aldehydes is 1. The monoisotopic (exact) mass is 226 g/mol. The molecule has 0 aromatic heterocycles. The summed E-state index contributed by atoms with van der Waals surface area (Å²) in [6, 6.07) is 11.2. The van der Waals surface area contributed by atoms with E-state index in [1.54, 1.807) is 6.07 Å². The third-order valence-electron chi connectivity index (χ3n) is 3.01. The Morgan fingerprint density at radius 3 is 2.41 bits per heavy atom. The van der Waals surface area contributed by atoms with Gasteiger partial charge in [-0.15, -0.1) is 0 Å². The number of aromatic hydroxyl groups is 1. The first kappa shape index (κ1) is 11.4. The van der Waals surface area contributed by atoms with Crippen molar-refractivity contribution in [3.8, 4) is 16.9 Å². The van der Waals surface area contributed by atoms with Gasteiger partial charge in [0, 0.05) is 5.56 Å². The van der Waals surface area contributed by atoms with Crippen LogP contribution >= 0.6 is 0 Å². The van der Waals surface area contributed by atoms with Crippen LogP contribution in [0.4, 0.5) is 0 Å². The van der Waals surface area contributed by atoms with Crippen LogP contribution < -0.4 is 0 Å². The van der Waals surface area contributed by atoms with Crippen molar-refractivity contribution in [1.82, 2.24) is 0 Å². The van der Waals surface area contributed by atoms with E-state index in [0.29, 0.717) is 11.3 Å². The van der Waals surface area contributed by atoms with Gasteiger partial charge in [0.15, 0.2) is 6.29 Å². The fourth-order valence-electron chi connectivity index (χ4n) is 1.97. The number of phenolic OH excluding ortho intramolecular Hbond substituents is 1. The van der Waals surface area contributed by atoms with Gasteiger partial charge < -0.3 is 5.11 Å². The van der Waals surface area contributed by atoms with Gasteiger partial charge in [-0.2, -0.15) is 0 Å². The molecule has 0 aliphatic rings. The molecule has 1 N–H and O–H groups in total. The molecule has 0 atom stereocenters. The fraction of sp³-hybridized carbons (Fsp3) is 0.133. The standard InChI is InChI=1S/C15H14O2/c1-10-7-8-13(11(2)15(10)17)14-6-4-3-5-12(14)9-16/h3-9,17H,1-2H3. The van der Waals surface area contributed by atoms with Gasteiger partial charge in [-0.3, -0.25) is 4.79 Å². The van der Waals surface area contributed by atoms with Gasteiger partial charge in [0.05, 0.1) is 0 Å². The van der Waals surface area contributed by atoms with Crippen LogP contribution in [0.5, 0.6) is 5.75 Å². The summed E-state index contributed by atoms with van der Waals surface area (Å²) in [5.41, 5.74) is 4.04. The molecular weight excluding hydrogens is 212 g/mol. The SMILES string of the molecule is Cc1ccc(-c2ccccc2C=O)c(C)c1O. The molecule has 0 bridgehead atoms. The molecule has 17 heavy (non-hydrogen) atoms. The summed E-state index contributed by atoms with van der Waals surface area (Å²) in [6.07, 6.45) is 0.839. The highest BCUT2D eigenvalue weighted by Crippen LogP contribution is 2.33. The topological polar surface area (TPSA) is 37.3 Å². The van der Waals surface area contributed by atoms with Crippen molar-refractivity contribution in [2.45, 2.75) is 13.8 Å². The molecule has 2 rings (SSSR count). The maximum atomic E-state index is 11.0. The quantitative estimate of drug-likeness (QED) is 0.796. The highest BCUT2D eigenvalue weighted by Gasteiger charge is 2.10. The highest BCUT2D eigenvalue weighted by molar-refractivity contribution is 5.88. The summed E-state index contributed by atoms with van der Waals surface area (Å²) >= 11 is 0. The summed E-state index contributed by atoms with van der Waals surface area (Å²) in [5, 5.41) is 9.92. The van der Waals surface area contributed by atoms with E-state index in [2.05, 4.69) is 0 Å². The second-order valence-corrected chi connectivity index (χ2v) is 4.11. The smallest absolute Gasteiger partial charge is 0.150 e. The van der Waals surface area contributed by atoms with E-state index in [9.17, 15) is 9.90 Å². The molecule has 0 saturated carbocycles. The largest absolute Gasteiger partial charge is 0.507 e. The maximum Gasteiger partial charge on any atom is 0.150 e. The number of hydrogen-bond donors (Lipinski definition) is 1. The number of carbonyl (C=O) groups excluding carboxylic acids is 1. The summed E-state index contributed by atoms with van der Waals surface area (Å²) in [6.45, 7) is 3.72. The fourth-order valence-corrected chi connectivity index (χ4v) is 1.97. The van der Waals surface area contributed by atoms with E-state index in [-0.39, 0.29) is 0 Å². The van der Waals surface area contributed by atoms with E-state index in [4.69, 9.17) is 0 Å². The van der Waals surface area contributed by atoms with Gasteiger partial charge in [-0.25, -0.2) is 0 Å². The molecule has 2 heteroatoms. The van der Waals surface area contributed by atoms with Crippen LogP contribution in [0.1, 0.15) is 21.5 Å². The van der Waals surface area contributed by atoms with Crippen molar-refractivity contribution in [1.29, 1.82) is 0 Å². The Hall–Kier alpha value is -2.09. The lowest BCUT2D eigenvalue weighted by atomic mass is 9.94. The molecule has 0 spiro atoms. The Labute approximate surface area is 101 Å². The lowest BCUT2D eigenvalue weighted by molar-refractivity contribution is 0.112. The molecule has 0 aliphatic heterocycles. The molecule has 2 aromatic rings. The first-order valence-corrected chi connectivity index (χ1v) is 5.49. The maximum absolute atomic E-state index is 11.0. The van der Waals surface area contributed by atoms with Gasteiger partial charge in [0.1, 0.15) is 5.75 Å². The van der Waals surface area contributed by atoms with Crippen molar-refractivity contribution in [3.05, 3.63) is 53.1 Å². The van der Waals surface area contributed by atoms with Crippen molar-refractivity contribution in [2.24, 2.45) is 0 Å². The Kier molecular flexibility index (Phi) is 2.96. The second-order valence-electron chi connectivity index (χ2n) is 4.11. The molecule has 2 nitrogen and oxygen atoms in total. The summed E-state index contributed by atoms with van der Waals surface area (Å²) in [7, 11) is 0. The normalized spacial score (nSPS) is 10.2. The molecule has 0 radical (unpaired) electrons. The average Bonchev–Trinajstić information content (AvgIpc) is 2.36. The highest BCUT2D eigenvalue weighted by atomic mass is 16.3. The van der Waals surface area contributed by atoms with E-state index < -0.39 is 0 Å². The predicted octanol–water partition coefficient (Wildman–Crippen LogP) is 3.49. The Morgan fingerprint density at radius 2 is 1.71 bits per heavy atom. The predicted molar refractivity (Wildman–Crippen MR) is 68.4 cm³/mol. The van der Waals surface area contributed by atoms with E-state index >= 15 is 0 Å².